The number of carboxylic acid groups (broad SMARTS) is 1. The number of carbonyl (C=O) groups excluding carboxylic acids is 2. The van der Waals surface area contributed by atoms with Crippen molar-refractivity contribution < 1.29 is 34.1 Å². The van der Waals surface area contributed by atoms with Crippen LogP contribution in [0.15, 0.2) is 30.4 Å². The maximum atomic E-state index is 13.8. The van der Waals surface area contributed by atoms with Crippen molar-refractivity contribution >= 4 is 30.5 Å². The van der Waals surface area contributed by atoms with Crippen molar-refractivity contribution in [3.8, 4) is 17.6 Å². The van der Waals surface area contributed by atoms with E-state index in [1.165, 1.54) is 0 Å². The van der Waals surface area contributed by atoms with Gasteiger partial charge in [0.25, 0.3) is 0 Å². The summed E-state index contributed by atoms with van der Waals surface area (Å²) >= 11 is 4.26. The van der Waals surface area contributed by atoms with Crippen molar-refractivity contribution in [3.05, 3.63) is 41.5 Å². The number of esters is 1. The van der Waals surface area contributed by atoms with E-state index in [1.54, 1.807) is 13.0 Å². The van der Waals surface area contributed by atoms with Crippen molar-refractivity contribution in [3.63, 3.8) is 0 Å². The van der Waals surface area contributed by atoms with Gasteiger partial charge < -0.3 is 25.0 Å². The number of thiol groups is 1. The summed E-state index contributed by atoms with van der Waals surface area (Å²) in [4.78, 5) is 38.2. The lowest BCUT2D eigenvalue weighted by molar-refractivity contribution is -0.161. The van der Waals surface area contributed by atoms with Crippen LogP contribution in [0.1, 0.15) is 108 Å². The van der Waals surface area contributed by atoms with Gasteiger partial charge in [-0.15, -0.1) is 11.8 Å². The molecule has 1 heterocycles. The number of aryl methyl sites for hydroxylation is 1. The van der Waals surface area contributed by atoms with Crippen LogP contribution in [-0.2, 0) is 25.5 Å². The first kappa shape index (κ1) is 36.9. The quantitative estimate of drug-likeness (QED) is 0.0510. The number of amides is 1. The molecule has 2 saturated carbocycles. The van der Waals surface area contributed by atoms with Crippen LogP contribution < -0.4 is 10.1 Å². The van der Waals surface area contributed by atoms with Crippen LogP contribution in [0.5, 0.6) is 5.75 Å². The molecule has 2 fully saturated rings. The van der Waals surface area contributed by atoms with Crippen LogP contribution >= 0.6 is 12.6 Å². The highest BCUT2D eigenvalue weighted by atomic mass is 32.1. The van der Waals surface area contributed by atoms with E-state index in [1.807, 2.05) is 31.2 Å². The maximum absolute atomic E-state index is 13.8. The van der Waals surface area contributed by atoms with Gasteiger partial charge in [0, 0.05) is 43.2 Å². The number of para-hydroxylation sites is 1. The molecule has 9 heteroatoms. The van der Waals surface area contributed by atoms with Gasteiger partial charge in [0.1, 0.15) is 18.0 Å². The number of aliphatic hydroxyl groups is 1. The average molecular weight is 668 g/mol. The fraction of sp³-hybridized carbons (Fsp3) is 0.658. The van der Waals surface area contributed by atoms with Gasteiger partial charge >= 0.3 is 11.9 Å². The summed E-state index contributed by atoms with van der Waals surface area (Å²) in [6, 6.07) is 6.01. The second-order valence-electron chi connectivity index (χ2n) is 13.5. The molecule has 0 aromatic heterocycles. The number of aliphatic carboxylic acids is 1. The number of unbranched alkanes of at least 4 members (excludes halogenated alkanes) is 3. The molecule has 8 atom stereocenters. The van der Waals surface area contributed by atoms with Gasteiger partial charge in [0.05, 0.1) is 17.9 Å². The summed E-state index contributed by atoms with van der Waals surface area (Å²) in [5.74, 6) is 5.17. The normalized spacial score (nSPS) is 26.0. The molecule has 3 aliphatic rings. The number of carbonyl (C=O) groups is 3. The Hall–Kier alpha value is -2.96. The monoisotopic (exact) mass is 667 g/mol. The maximum Gasteiger partial charge on any atom is 0.310 e. The van der Waals surface area contributed by atoms with Gasteiger partial charge in [-0.1, -0.05) is 63.0 Å². The van der Waals surface area contributed by atoms with Crippen LogP contribution in [0.2, 0.25) is 0 Å². The Bertz CT molecular complexity index is 1300. The second kappa shape index (κ2) is 18.5. The molecule has 47 heavy (non-hydrogen) atoms. The molecule has 2 aliphatic carbocycles. The molecule has 8 nitrogen and oxygen atoms in total. The highest BCUT2D eigenvalue weighted by Gasteiger charge is 2.52. The molecular formula is C38H53NO7S. The van der Waals surface area contributed by atoms with E-state index in [0.29, 0.717) is 45.1 Å². The summed E-state index contributed by atoms with van der Waals surface area (Å²) in [6.07, 6.45) is 11.9. The summed E-state index contributed by atoms with van der Waals surface area (Å²) < 4.78 is 12.8. The lowest BCUT2D eigenvalue weighted by Crippen LogP contribution is -2.41. The number of aliphatic hydroxyl groups excluding tert-OH is 1. The number of nitrogens with one attached hydrogen (secondary N) is 1. The smallest absolute Gasteiger partial charge is 0.310 e. The molecule has 0 radical (unpaired) electrons. The Morgan fingerprint density at radius 1 is 1.13 bits per heavy atom. The van der Waals surface area contributed by atoms with Crippen molar-refractivity contribution in [2.45, 2.75) is 122 Å². The highest BCUT2D eigenvalue weighted by Crippen LogP contribution is 2.53. The Morgan fingerprint density at radius 2 is 1.89 bits per heavy atom. The third-order valence-corrected chi connectivity index (χ3v) is 10.4. The third-order valence-electron chi connectivity index (χ3n) is 10.1. The molecule has 1 amide bonds. The van der Waals surface area contributed by atoms with Gasteiger partial charge in [-0.3, -0.25) is 14.4 Å². The topological polar surface area (TPSA) is 122 Å². The molecule has 1 aromatic carbocycles. The molecule has 2 unspecified atom stereocenters. The molecule has 0 spiro atoms. The number of benzene rings is 1. The van der Waals surface area contributed by atoms with Gasteiger partial charge in [0.2, 0.25) is 5.91 Å². The summed E-state index contributed by atoms with van der Waals surface area (Å²) in [5.41, 5.74) is 2.01. The van der Waals surface area contributed by atoms with E-state index in [2.05, 4.69) is 29.8 Å². The lowest BCUT2D eigenvalue weighted by atomic mass is 9.78. The number of carboxylic acids is 1. The number of fused-ring (bicyclic) bond motifs is 3. The minimum absolute atomic E-state index is 0.0550. The standard InChI is InChI=1S/C38H53NO7S/c1-3-4-13-25(2)31(40)21-20-29-32(24-33-35(29)30-18-11-14-26(36(30)45-33)15-12-19-34(41)42)46-38(44)28-17-8-7-16-27(28)37(43)39-22-9-5-6-10-23-47/h11,14,18,20-21,25,27-29,31-33,35,40,47H,5-10,12-13,15-17,19,22-24H2,1-2H3,(H,39,43)(H,41,42)/b21-20+/t25-,27?,28?,29-,31+,32+,33-,35-/m0/s1. The first-order valence-corrected chi connectivity index (χ1v) is 18.2. The number of ether oxygens (including phenoxy) is 2. The fourth-order valence-corrected chi connectivity index (χ4v) is 7.64. The minimum atomic E-state index is -0.819. The molecule has 1 aromatic rings. The van der Waals surface area contributed by atoms with Crippen molar-refractivity contribution in [1.29, 1.82) is 0 Å². The minimum Gasteiger partial charge on any atom is -0.489 e. The lowest BCUT2D eigenvalue weighted by Gasteiger charge is -2.31. The third kappa shape index (κ3) is 10.0. The van der Waals surface area contributed by atoms with E-state index in [4.69, 9.17) is 14.6 Å². The van der Waals surface area contributed by atoms with E-state index in [-0.39, 0.29) is 42.2 Å². The van der Waals surface area contributed by atoms with Crippen molar-refractivity contribution in [2.24, 2.45) is 23.7 Å². The zero-order valence-corrected chi connectivity index (χ0v) is 28.9. The Balaban J connectivity index is 1.50. The Morgan fingerprint density at radius 3 is 2.64 bits per heavy atom. The summed E-state index contributed by atoms with van der Waals surface area (Å²) in [6.45, 7) is 4.36. The predicted octanol–water partition coefficient (Wildman–Crippen LogP) is 6.25. The van der Waals surface area contributed by atoms with E-state index in [0.717, 1.165) is 61.2 Å². The second-order valence-corrected chi connectivity index (χ2v) is 13.9. The molecule has 0 saturated heterocycles. The molecular weight excluding hydrogens is 614 g/mol. The zero-order valence-electron chi connectivity index (χ0n) is 28.0. The molecule has 1 aliphatic heterocycles. The van der Waals surface area contributed by atoms with Gasteiger partial charge in [0.15, 0.2) is 0 Å². The van der Waals surface area contributed by atoms with E-state index < -0.39 is 30.0 Å². The van der Waals surface area contributed by atoms with Crippen LogP contribution in [0.25, 0.3) is 0 Å². The SMILES string of the molecule is CC#CC[C@H](C)[C@H](O)/C=C/[C@@H]1[C@H]2c3cccc(CCCC(=O)O)c3O[C@H]2C[C@H]1OC(=O)C1CCCCC1C(=O)NCCCCCCS. The predicted molar refractivity (Wildman–Crippen MR) is 185 cm³/mol. The largest absolute Gasteiger partial charge is 0.489 e. The summed E-state index contributed by atoms with van der Waals surface area (Å²) in [7, 11) is 0. The van der Waals surface area contributed by atoms with Gasteiger partial charge in [-0.25, -0.2) is 0 Å². The highest BCUT2D eigenvalue weighted by molar-refractivity contribution is 7.80. The average Bonchev–Trinajstić information content (AvgIpc) is 3.59. The number of hydrogen-bond donors (Lipinski definition) is 4. The molecule has 0 bridgehead atoms. The van der Waals surface area contributed by atoms with E-state index >= 15 is 0 Å². The Labute approximate surface area is 285 Å². The van der Waals surface area contributed by atoms with E-state index in [9.17, 15) is 19.5 Å². The van der Waals surface area contributed by atoms with Crippen molar-refractivity contribution in [1.82, 2.24) is 5.32 Å². The Kier molecular flexibility index (Phi) is 14.5. The van der Waals surface area contributed by atoms with Crippen molar-refractivity contribution in [2.75, 3.05) is 12.3 Å². The van der Waals surface area contributed by atoms with Crippen LogP contribution in [-0.4, -0.2) is 58.7 Å². The summed E-state index contributed by atoms with van der Waals surface area (Å²) in [5, 5.41) is 23.1. The number of hydrogen-bond acceptors (Lipinski definition) is 7. The van der Waals surface area contributed by atoms with Gasteiger partial charge in [-0.05, 0) is 62.7 Å². The van der Waals surface area contributed by atoms with Crippen LogP contribution in [0.3, 0.4) is 0 Å². The fourth-order valence-electron chi connectivity index (χ4n) is 7.41. The van der Waals surface area contributed by atoms with Crippen LogP contribution in [0.4, 0.5) is 0 Å². The van der Waals surface area contributed by atoms with Gasteiger partial charge in [-0.2, -0.15) is 12.6 Å². The first-order chi connectivity index (χ1) is 22.7. The molecule has 258 valence electrons. The molecule has 4 rings (SSSR count). The van der Waals surface area contributed by atoms with Crippen LogP contribution in [0, 0.1) is 35.5 Å². The zero-order chi connectivity index (χ0) is 33.8. The number of rotatable bonds is 17. The first-order valence-electron chi connectivity index (χ1n) is 17.6. The molecule has 3 N–H and O–H groups in total.